The molecule has 0 radical (unpaired) electrons. The van der Waals surface area contributed by atoms with E-state index in [2.05, 4.69) is 0 Å². The molecule has 13 heavy (non-hydrogen) atoms. The van der Waals surface area contributed by atoms with Crippen LogP contribution in [0.2, 0.25) is 5.02 Å². The lowest BCUT2D eigenvalue weighted by atomic mass is 10.2. The quantitative estimate of drug-likeness (QED) is 0.850. The van der Waals surface area contributed by atoms with Gasteiger partial charge in [0.15, 0.2) is 5.75 Å². The van der Waals surface area contributed by atoms with Crippen LogP contribution in [-0.4, -0.2) is 13.0 Å². The topological polar surface area (TPSA) is 52.3 Å². The summed E-state index contributed by atoms with van der Waals surface area (Å²) in [6.07, 6.45) is 0. The summed E-state index contributed by atoms with van der Waals surface area (Å²) in [7, 11) is 1.52. The zero-order valence-electron chi connectivity index (χ0n) is 6.80. The molecule has 1 rings (SSSR count). The summed E-state index contributed by atoms with van der Waals surface area (Å²) in [4.78, 5) is 10.8. The van der Waals surface area contributed by atoms with Crippen molar-refractivity contribution in [3.8, 4) is 5.75 Å². The van der Waals surface area contributed by atoms with Gasteiger partial charge < -0.3 is 10.5 Å². The van der Waals surface area contributed by atoms with Crippen molar-refractivity contribution in [1.82, 2.24) is 0 Å². The highest BCUT2D eigenvalue weighted by Gasteiger charge is 2.10. The molecule has 1 aromatic rings. The molecular weight excluding hydrogens is 304 g/mol. The Balaban J connectivity index is 3.28. The Morgan fingerprint density at radius 1 is 1.62 bits per heavy atom. The normalized spacial score (nSPS) is 9.77. The van der Waals surface area contributed by atoms with Crippen LogP contribution in [-0.2, 0) is 0 Å². The minimum absolute atomic E-state index is 0.384. The molecule has 0 fully saturated rings. The third-order valence-electron chi connectivity index (χ3n) is 1.49. The largest absolute Gasteiger partial charge is 0.494 e. The third kappa shape index (κ3) is 2.25. The number of amides is 1. The van der Waals surface area contributed by atoms with Crippen molar-refractivity contribution in [2.24, 2.45) is 5.73 Å². The van der Waals surface area contributed by atoms with E-state index in [1.54, 1.807) is 6.07 Å². The molecule has 5 heteroatoms. The predicted molar refractivity (Wildman–Crippen MR) is 59.2 cm³/mol. The Kier molecular flexibility index (Phi) is 3.38. The summed E-state index contributed by atoms with van der Waals surface area (Å²) in [5, 5.41) is 0.392. The van der Waals surface area contributed by atoms with Gasteiger partial charge in [0.25, 0.3) is 0 Å². The lowest BCUT2D eigenvalue weighted by molar-refractivity contribution is 0.1000. The molecule has 0 aromatic heterocycles. The molecule has 1 aromatic carbocycles. The summed E-state index contributed by atoms with van der Waals surface area (Å²) in [6, 6.07) is 3.12. The van der Waals surface area contributed by atoms with E-state index in [4.69, 9.17) is 22.1 Å². The van der Waals surface area contributed by atoms with Crippen molar-refractivity contribution in [2.45, 2.75) is 0 Å². The van der Waals surface area contributed by atoms with E-state index < -0.39 is 5.91 Å². The highest BCUT2D eigenvalue weighted by molar-refractivity contribution is 14.1. The summed E-state index contributed by atoms with van der Waals surface area (Å²) in [5.41, 5.74) is 5.49. The van der Waals surface area contributed by atoms with Crippen molar-refractivity contribution >= 4 is 40.1 Å². The first-order valence-electron chi connectivity index (χ1n) is 3.39. The second-order valence-electron chi connectivity index (χ2n) is 2.34. The lowest BCUT2D eigenvalue weighted by Crippen LogP contribution is -2.11. The van der Waals surface area contributed by atoms with Crippen LogP contribution in [0.15, 0.2) is 12.1 Å². The molecule has 1 amide bonds. The zero-order chi connectivity index (χ0) is 10.0. The molecule has 70 valence electrons. The second-order valence-corrected chi connectivity index (χ2v) is 3.91. The number of benzene rings is 1. The SMILES string of the molecule is COc1c(Cl)cc(C(N)=O)cc1I. The van der Waals surface area contributed by atoms with Crippen LogP contribution in [0.3, 0.4) is 0 Å². The summed E-state index contributed by atoms with van der Waals surface area (Å²) in [5.74, 6) is 0.0646. The van der Waals surface area contributed by atoms with Crippen LogP contribution in [0.1, 0.15) is 10.4 Å². The van der Waals surface area contributed by atoms with Crippen LogP contribution >= 0.6 is 34.2 Å². The van der Waals surface area contributed by atoms with Crippen LogP contribution < -0.4 is 10.5 Å². The standard InChI is InChI=1S/C8H7ClINO2/c1-13-7-5(9)2-4(8(11)12)3-6(7)10/h2-3H,1H3,(H2,11,12). The van der Waals surface area contributed by atoms with Gasteiger partial charge in [0, 0.05) is 5.56 Å². The number of nitrogens with two attached hydrogens (primary N) is 1. The van der Waals surface area contributed by atoms with Gasteiger partial charge in [-0.1, -0.05) is 11.6 Å². The number of hydrogen-bond donors (Lipinski definition) is 1. The van der Waals surface area contributed by atoms with Crippen molar-refractivity contribution in [3.63, 3.8) is 0 Å². The van der Waals surface area contributed by atoms with E-state index in [0.717, 1.165) is 3.57 Å². The highest BCUT2D eigenvalue weighted by Crippen LogP contribution is 2.30. The smallest absolute Gasteiger partial charge is 0.248 e. The molecule has 0 spiro atoms. The monoisotopic (exact) mass is 311 g/mol. The van der Waals surface area contributed by atoms with E-state index in [1.807, 2.05) is 22.6 Å². The molecule has 0 aliphatic heterocycles. The highest BCUT2D eigenvalue weighted by atomic mass is 127. The lowest BCUT2D eigenvalue weighted by Gasteiger charge is -2.06. The number of primary amides is 1. The van der Waals surface area contributed by atoms with Gasteiger partial charge in [-0.05, 0) is 34.7 Å². The predicted octanol–water partition coefficient (Wildman–Crippen LogP) is 2.05. The van der Waals surface area contributed by atoms with Gasteiger partial charge in [0.05, 0.1) is 15.7 Å². The van der Waals surface area contributed by atoms with E-state index in [9.17, 15) is 4.79 Å². The third-order valence-corrected chi connectivity index (χ3v) is 2.57. The first-order chi connectivity index (χ1) is 6.06. The fourth-order valence-corrected chi connectivity index (χ4v) is 2.20. The summed E-state index contributed by atoms with van der Waals surface area (Å²) < 4.78 is 5.78. The molecule has 0 aliphatic carbocycles. The Bertz CT molecular complexity index is 331. The maximum absolute atomic E-state index is 10.8. The molecule has 2 N–H and O–H groups in total. The van der Waals surface area contributed by atoms with Gasteiger partial charge in [-0.2, -0.15) is 0 Å². The van der Waals surface area contributed by atoms with Crippen molar-refractivity contribution in [3.05, 3.63) is 26.3 Å². The number of carbonyl (C=O) groups excluding carboxylic acids is 1. The number of rotatable bonds is 2. The number of halogens is 2. The van der Waals surface area contributed by atoms with Crippen LogP contribution in [0, 0.1) is 3.57 Å². The van der Waals surface area contributed by atoms with Crippen molar-refractivity contribution in [2.75, 3.05) is 7.11 Å². The molecule has 0 aliphatic rings. The Hall–Kier alpha value is -0.490. The van der Waals surface area contributed by atoms with Crippen LogP contribution in [0.4, 0.5) is 0 Å². The first kappa shape index (κ1) is 10.6. The average molecular weight is 312 g/mol. The minimum atomic E-state index is -0.498. The molecule has 0 heterocycles. The minimum Gasteiger partial charge on any atom is -0.494 e. The Morgan fingerprint density at radius 2 is 2.23 bits per heavy atom. The number of hydrogen-bond acceptors (Lipinski definition) is 2. The van der Waals surface area contributed by atoms with Crippen molar-refractivity contribution in [1.29, 1.82) is 0 Å². The van der Waals surface area contributed by atoms with Gasteiger partial charge in [-0.25, -0.2) is 0 Å². The van der Waals surface area contributed by atoms with E-state index in [1.165, 1.54) is 13.2 Å². The molecule has 0 atom stereocenters. The summed E-state index contributed by atoms with van der Waals surface area (Å²) in [6.45, 7) is 0. The molecular formula is C8H7ClINO2. The van der Waals surface area contributed by atoms with E-state index >= 15 is 0 Å². The van der Waals surface area contributed by atoms with Crippen LogP contribution in [0.5, 0.6) is 5.75 Å². The van der Waals surface area contributed by atoms with Gasteiger partial charge in [-0.3, -0.25) is 4.79 Å². The Labute approximate surface area is 94.3 Å². The zero-order valence-corrected chi connectivity index (χ0v) is 9.72. The molecule has 0 saturated heterocycles. The number of carbonyl (C=O) groups is 1. The van der Waals surface area contributed by atoms with Crippen LogP contribution in [0.25, 0.3) is 0 Å². The van der Waals surface area contributed by atoms with Gasteiger partial charge >= 0.3 is 0 Å². The van der Waals surface area contributed by atoms with Gasteiger partial charge in [-0.15, -0.1) is 0 Å². The van der Waals surface area contributed by atoms with E-state index in [0.29, 0.717) is 16.3 Å². The average Bonchev–Trinajstić information content (AvgIpc) is 2.03. The molecule has 0 unspecified atom stereocenters. The maximum atomic E-state index is 10.8. The van der Waals surface area contributed by atoms with Gasteiger partial charge in [0.2, 0.25) is 5.91 Å². The fourth-order valence-electron chi connectivity index (χ4n) is 0.897. The summed E-state index contributed by atoms with van der Waals surface area (Å²) >= 11 is 7.87. The van der Waals surface area contributed by atoms with Gasteiger partial charge in [0.1, 0.15) is 0 Å². The number of ether oxygens (including phenoxy) is 1. The number of methoxy groups -OCH3 is 1. The van der Waals surface area contributed by atoms with Crippen molar-refractivity contribution < 1.29 is 9.53 Å². The fraction of sp³-hybridized carbons (Fsp3) is 0.125. The molecule has 0 saturated carbocycles. The molecule has 0 bridgehead atoms. The van der Waals surface area contributed by atoms with E-state index in [-0.39, 0.29) is 0 Å². The second kappa shape index (κ2) is 4.15. The maximum Gasteiger partial charge on any atom is 0.248 e. The first-order valence-corrected chi connectivity index (χ1v) is 4.84. The Morgan fingerprint density at radius 3 is 2.62 bits per heavy atom. The molecule has 3 nitrogen and oxygen atoms in total.